The molecule has 0 amide bonds. The molecule has 46 valence electrons. The minimum Gasteiger partial charge on any atom is -0.0931 e. The van der Waals surface area contributed by atoms with Crippen molar-refractivity contribution in [3.63, 3.8) is 0 Å². The second-order valence-electron chi connectivity index (χ2n) is 1.66. The van der Waals surface area contributed by atoms with Crippen molar-refractivity contribution in [2.45, 2.75) is 26.2 Å². The number of hydrogen-bond acceptors (Lipinski definition) is 1. The van der Waals surface area contributed by atoms with Crippen LogP contribution in [0.1, 0.15) is 26.2 Å². The molecule has 0 radical (unpaired) electrons. The lowest BCUT2D eigenvalue weighted by Crippen LogP contribution is -1.63. The maximum atomic E-state index is 4.63. The van der Waals surface area contributed by atoms with E-state index in [-0.39, 0.29) is 0 Å². The molecule has 0 bridgehead atoms. The number of allylic oxidation sites excluding steroid dienone is 2. The van der Waals surface area contributed by atoms with Gasteiger partial charge >= 0.3 is 0 Å². The molecule has 0 rings (SSSR count). The van der Waals surface area contributed by atoms with Crippen molar-refractivity contribution in [1.82, 2.24) is 0 Å². The maximum Gasteiger partial charge on any atom is -0.00639 e. The zero-order chi connectivity index (χ0) is 6.24. The molecule has 0 fully saturated rings. The van der Waals surface area contributed by atoms with Crippen LogP contribution in [0.15, 0.2) is 12.2 Å². The molecule has 0 aliphatic carbocycles. The Hall–Kier alpha value is -0.170. The summed E-state index contributed by atoms with van der Waals surface area (Å²) in [6.45, 7) is 2.17. The molecule has 0 aromatic rings. The summed E-state index contributed by atoms with van der Waals surface area (Å²) in [5.74, 6) is 0. The third-order valence-corrected chi connectivity index (χ3v) is 1.05. The molecule has 0 heterocycles. The van der Waals surface area contributed by atoms with Crippen LogP contribution in [-0.4, -0.2) is 5.37 Å². The molecule has 0 aliphatic rings. The molecular formula is C7H12S. The fourth-order valence-electron chi connectivity index (χ4n) is 0.436. The van der Waals surface area contributed by atoms with Crippen LogP contribution < -0.4 is 0 Å². The first kappa shape index (κ1) is 7.83. The van der Waals surface area contributed by atoms with E-state index in [9.17, 15) is 0 Å². The van der Waals surface area contributed by atoms with Crippen molar-refractivity contribution >= 4 is 17.6 Å². The first-order valence-corrected chi connectivity index (χ1v) is 3.47. The lowest BCUT2D eigenvalue weighted by Gasteiger charge is -1.80. The van der Waals surface area contributed by atoms with Crippen LogP contribution >= 0.6 is 12.2 Å². The van der Waals surface area contributed by atoms with Crippen LogP contribution in [0.4, 0.5) is 0 Å². The number of hydrogen-bond donors (Lipinski definition) is 0. The van der Waals surface area contributed by atoms with E-state index in [4.69, 9.17) is 0 Å². The van der Waals surface area contributed by atoms with Crippen LogP contribution in [0, 0.1) is 0 Å². The Labute approximate surface area is 56.6 Å². The highest BCUT2D eigenvalue weighted by atomic mass is 32.1. The van der Waals surface area contributed by atoms with Gasteiger partial charge < -0.3 is 0 Å². The van der Waals surface area contributed by atoms with Gasteiger partial charge in [0.2, 0.25) is 0 Å². The average molecular weight is 128 g/mol. The molecule has 0 saturated carbocycles. The lowest BCUT2D eigenvalue weighted by atomic mass is 10.3. The van der Waals surface area contributed by atoms with E-state index in [1.54, 1.807) is 5.37 Å². The van der Waals surface area contributed by atoms with E-state index in [2.05, 4.69) is 31.3 Å². The lowest BCUT2D eigenvalue weighted by molar-refractivity contribution is 0.956. The van der Waals surface area contributed by atoms with Gasteiger partial charge in [-0.1, -0.05) is 37.7 Å². The fourth-order valence-corrected chi connectivity index (χ4v) is 0.547. The van der Waals surface area contributed by atoms with E-state index < -0.39 is 0 Å². The average Bonchev–Trinajstić information content (AvgIpc) is 1.81. The van der Waals surface area contributed by atoms with Crippen molar-refractivity contribution in [2.24, 2.45) is 0 Å². The number of unbranched alkanes of at least 4 members (excludes halogenated alkanes) is 1. The Bertz CT molecular complexity index is 74.5. The SMILES string of the molecule is CCCC=CCC=S. The van der Waals surface area contributed by atoms with Gasteiger partial charge in [-0.2, -0.15) is 0 Å². The van der Waals surface area contributed by atoms with Gasteiger partial charge in [0.25, 0.3) is 0 Å². The van der Waals surface area contributed by atoms with Crippen molar-refractivity contribution in [3.05, 3.63) is 12.2 Å². The standard InChI is InChI=1S/C7H12S/c1-2-3-4-5-6-7-8/h4-5,7H,2-3,6H2,1H3. The third kappa shape index (κ3) is 5.83. The zero-order valence-electron chi connectivity index (χ0n) is 5.26. The van der Waals surface area contributed by atoms with Crippen molar-refractivity contribution in [2.75, 3.05) is 0 Å². The van der Waals surface area contributed by atoms with E-state index in [1.807, 2.05) is 0 Å². The summed E-state index contributed by atoms with van der Waals surface area (Å²) >= 11 is 4.63. The second-order valence-corrected chi connectivity index (χ2v) is 2.00. The van der Waals surface area contributed by atoms with Gasteiger partial charge in [-0.15, -0.1) is 0 Å². The molecule has 0 unspecified atom stereocenters. The summed E-state index contributed by atoms with van der Waals surface area (Å²) in [7, 11) is 0. The summed E-state index contributed by atoms with van der Waals surface area (Å²) in [6, 6.07) is 0. The predicted molar refractivity (Wildman–Crippen MR) is 42.3 cm³/mol. The topological polar surface area (TPSA) is 0 Å². The predicted octanol–water partition coefficient (Wildman–Crippen LogP) is 2.73. The van der Waals surface area contributed by atoms with Gasteiger partial charge in [-0.25, -0.2) is 0 Å². The highest BCUT2D eigenvalue weighted by molar-refractivity contribution is 7.78. The van der Waals surface area contributed by atoms with Gasteiger partial charge in [-0.05, 0) is 18.2 Å². The Morgan fingerprint density at radius 3 is 2.62 bits per heavy atom. The molecule has 0 aromatic carbocycles. The smallest absolute Gasteiger partial charge is 0.00639 e. The Balaban J connectivity index is 2.94. The normalized spacial score (nSPS) is 10.1. The van der Waals surface area contributed by atoms with Crippen LogP contribution in [-0.2, 0) is 0 Å². The molecule has 0 nitrogen and oxygen atoms in total. The van der Waals surface area contributed by atoms with E-state index in [0.717, 1.165) is 6.42 Å². The second kappa shape index (κ2) is 6.83. The highest BCUT2D eigenvalue weighted by Crippen LogP contribution is 1.88. The van der Waals surface area contributed by atoms with Gasteiger partial charge in [-0.3, -0.25) is 0 Å². The summed E-state index contributed by atoms with van der Waals surface area (Å²) in [4.78, 5) is 0. The van der Waals surface area contributed by atoms with Crippen LogP contribution in [0.2, 0.25) is 0 Å². The zero-order valence-corrected chi connectivity index (χ0v) is 6.08. The van der Waals surface area contributed by atoms with Gasteiger partial charge in [0.1, 0.15) is 0 Å². The molecule has 0 spiro atoms. The summed E-state index contributed by atoms with van der Waals surface area (Å²) in [6.07, 6.45) is 7.63. The molecular weight excluding hydrogens is 116 g/mol. The monoisotopic (exact) mass is 128 g/mol. The number of rotatable bonds is 4. The Morgan fingerprint density at radius 2 is 2.12 bits per heavy atom. The van der Waals surface area contributed by atoms with Gasteiger partial charge in [0.15, 0.2) is 0 Å². The van der Waals surface area contributed by atoms with Crippen LogP contribution in [0.25, 0.3) is 0 Å². The molecule has 1 heteroatoms. The largest absolute Gasteiger partial charge is 0.0931 e. The molecule has 0 atom stereocenters. The van der Waals surface area contributed by atoms with E-state index in [1.165, 1.54) is 12.8 Å². The maximum absolute atomic E-state index is 4.63. The minimum atomic E-state index is 0.940. The Kier molecular flexibility index (Phi) is 6.68. The molecule has 0 aromatic heterocycles. The number of thiocarbonyl (C=S) groups is 1. The summed E-state index contributed by atoms with van der Waals surface area (Å²) in [5, 5.41) is 1.74. The summed E-state index contributed by atoms with van der Waals surface area (Å²) < 4.78 is 0. The van der Waals surface area contributed by atoms with E-state index >= 15 is 0 Å². The summed E-state index contributed by atoms with van der Waals surface area (Å²) in [5.41, 5.74) is 0. The molecule has 8 heavy (non-hydrogen) atoms. The van der Waals surface area contributed by atoms with Crippen LogP contribution in [0.3, 0.4) is 0 Å². The minimum absolute atomic E-state index is 0.940. The van der Waals surface area contributed by atoms with Crippen molar-refractivity contribution in [3.8, 4) is 0 Å². The first-order valence-electron chi connectivity index (χ1n) is 3.00. The first-order chi connectivity index (χ1) is 3.91. The third-order valence-electron chi connectivity index (χ3n) is 0.854. The quantitative estimate of drug-likeness (QED) is 0.414. The van der Waals surface area contributed by atoms with Crippen molar-refractivity contribution in [1.29, 1.82) is 0 Å². The highest BCUT2D eigenvalue weighted by Gasteiger charge is 1.70. The van der Waals surface area contributed by atoms with Gasteiger partial charge in [0, 0.05) is 0 Å². The van der Waals surface area contributed by atoms with Crippen molar-refractivity contribution < 1.29 is 0 Å². The molecule has 0 N–H and O–H groups in total. The van der Waals surface area contributed by atoms with Crippen LogP contribution in [0.5, 0.6) is 0 Å². The Morgan fingerprint density at radius 1 is 1.38 bits per heavy atom. The fraction of sp³-hybridized carbons (Fsp3) is 0.571. The van der Waals surface area contributed by atoms with E-state index in [0.29, 0.717) is 0 Å². The van der Waals surface area contributed by atoms with Gasteiger partial charge in [0.05, 0.1) is 0 Å². The molecule has 0 aliphatic heterocycles. The molecule has 0 saturated heterocycles.